The van der Waals surface area contributed by atoms with Crippen LogP contribution in [0.15, 0.2) is 0 Å². The van der Waals surface area contributed by atoms with Gasteiger partial charge in [0.15, 0.2) is 0 Å². The van der Waals surface area contributed by atoms with Crippen LogP contribution in [0, 0.1) is 0 Å². The molecule has 3 nitrogen and oxygen atoms in total. The fourth-order valence-electron chi connectivity index (χ4n) is 1.04. The summed E-state index contributed by atoms with van der Waals surface area (Å²) in [6, 6.07) is 1.01. The summed E-state index contributed by atoms with van der Waals surface area (Å²) in [5, 5.41) is 5.20. The molecule has 1 unspecified atom stereocenters. The minimum atomic E-state index is 0.498. The van der Waals surface area contributed by atoms with E-state index in [0.717, 1.165) is 13.2 Å². The predicted molar refractivity (Wildman–Crippen MR) is 40.6 cm³/mol. The van der Waals surface area contributed by atoms with Crippen molar-refractivity contribution in [1.29, 1.82) is 0 Å². The third kappa shape index (κ3) is 1.68. The van der Waals surface area contributed by atoms with Gasteiger partial charge in [-0.25, -0.2) is 0 Å². The molecule has 60 valence electrons. The maximum Gasteiger partial charge on any atom is 0.0851 e. The number of likely N-dealkylation sites (N-methyl/N-ethyl adjacent to an activating group) is 1. The first-order valence-corrected chi connectivity index (χ1v) is 3.81. The molecule has 10 heavy (non-hydrogen) atoms. The van der Waals surface area contributed by atoms with Gasteiger partial charge in [-0.05, 0) is 20.9 Å². The van der Waals surface area contributed by atoms with E-state index >= 15 is 0 Å². The Morgan fingerprint density at radius 3 is 2.60 bits per heavy atom. The zero-order valence-corrected chi connectivity index (χ0v) is 6.92. The molecule has 0 spiro atoms. The van der Waals surface area contributed by atoms with E-state index in [1.165, 1.54) is 0 Å². The molecular weight excluding hydrogens is 128 g/mol. The predicted octanol–water partition coefficient (Wildman–Crippen LogP) is 0.230. The van der Waals surface area contributed by atoms with Crippen LogP contribution in [0.4, 0.5) is 0 Å². The number of rotatable bonds is 2. The van der Waals surface area contributed by atoms with Crippen LogP contribution in [0.3, 0.4) is 0 Å². The summed E-state index contributed by atoms with van der Waals surface area (Å²) in [5.41, 5.74) is 0. The molecule has 1 rings (SSSR count). The molecule has 0 aromatic rings. The van der Waals surface area contributed by atoms with Crippen molar-refractivity contribution in [3.8, 4) is 0 Å². The first kappa shape index (κ1) is 7.98. The molecular formula is C7H16N2O. The Bertz CT molecular complexity index is 106. The Kier molecular flexibility index (Phi) is 2.65. The molecule has 1 heterocycles. The Balaban J connectivity index is 2.28. The number of nitrogens with one attached hydrogen (secondary N) is 1. The van der Waals surface area contributed by atoms with Gasteiger partial charge in [0.2, 0.25) is 0 Å². The summed E-state index contributed by atoms with van der Waals surface area (Å²) in [6.07, 6.45) is 0. The summed E-state index contributed by atoms with van der Waals surface area (Å²) in [6.45, 7) is 6.10. The summed E-state index contributed by atoms with van der Waals surface area (Å²) < 4.78 is 0. The summed E-state index contributed by atoms with van der Waals surface area (Å²) in [7, 11) is 1.97. The Morgan fingerprint density at radius 1 is 1.60 bits per heavy atom. The van der Waals surface area contributed by atoms with Crippen LogP contribution >= 0.6 is 0 Å². The molecule has 1 aliphatic rings. The highest BCUT2D eigenvalue weighted by molar-refractivity contribution is 4.72. The number of hydrogen-bond donors (Lipinski definition) is 1. The maximum absolute atomic E-state index is 5.39. The third-order valence-corrected chi connectivity index (χ3v) is 1.83. The molecule has 1 saturated heterocycles. The van der Waals surface area contributed by atoms with Crippen LogP contribution in [-0.2, 0) is 4.84 Å². The zero-order chi connectivity index (χ0) is 7.56. The lowest BCUT2D eigenvalue weighted by Crippen LogP contribution is -2.33. The quantitative estimate of drug-likeness (QED) is 0.600. The molecule has 1 atom stereocenters. The first-order valence-electron chi connectivity index (χ1n) is 3.81. The van der Waals surface area contributed by atoms with Gasteiger partial charge in [-0.1, -0.05) is 0 Å². The van der Waals surface area contributed by atoms with Gasteiger partial charge in [-0.15, -0.1) is 0 Å². The second-order valence-corrected chi connectivity index (χ2v) is 2.97. The molecule has 0 amide bonds. The van der Waals surface area contributed by atoms with Crippen molar-refractivity contribution in [1.82, 2.24) is 10.4 Å². The van der Waals surface area contributed by atoms with E-state index in [-0.39, 0.29) is 0 Å². The van der Waals surface area contributed by atoms with Crippen molar-refractivity contribution in [2.45, 2.75) is 25.9 Å². The number of nitrogens with zero attached hydrogens (tertiary/aromatic N) is 1. The molecule has 0 bridgehead atoms. The molecule has 0 aromatic carbocycles. The van der Waals surface area contributed by atoms with Gasteiger partial charge in [-0.3, -0.25) is 4.84 Å². The molecule has 0 radical (unpaired) electrons. The minimum Gasteiger partial charge on any atom is -0.314 e. The van der Waals surface area contributed by atoms with Gasteiger partial charge in [0.05, 0.1) is 6.61 Å². The molecule has 0 aliphatic carbocycles. The number of hydrogen-bond acceptors (Lipinski definition) is 3. The minimum absolute atomic E-state index is 0.498. The van der Waals surface area contributed by atoms with Crippen molar-refractivity contribution < 1.29 is 4.84 Å². The highest BCUT2D eigenvalue weighted by Gasteiger charge is 2.23. The van der Waals surface area contributed by atoms with Gasteiger partial charge >= 0.3 is 0 Å². The monoisotopic (exact) mass is 144 g/mol. The van der Waals surface area contributed by atoms with E-state index in [1.54, 1.807) is 0 Å². The average Bonchev–Trinajstić information content (AvgIpc) is 2.34. The van der Waals surface area contributed by atoms with E-state index in [1.807, 2.05) is 12.1 Å². The molecule has 0 saturated carbocycles. The maximum atomic E-state index is 5.39. The molecule has 1 N–H and O–H groups in total. The van der Waals surface area contributed by atoms with Crippen molar-refractivity contribution in [3.63, 3.8) is 0 Å². The van der Waals surface area contributed by atoms with Crippen LogP contribution in [0.5, 0.6) is 0 Å². The standard InChI is InChI=1S/C7H16N2O/c1-6(2)9-4-7(8-3)5-10-9/h6-8H,4-5H2,1-3H3. The lowest BCUT2D eigenvalue weighted by molar-refractivity contribution is -0.132. The van der Waals surface area contributed by atoms with Crippen LogP contribution in [0.1, 0.15) is 13.8 Å². The smallest absolute Gasteiger partial charge is 0.0851 e. The molecule has 1 aliphatic heterocycles. The van der Waals surface area contributed by atoms with E-state index in [4.69, 9.17) is 4.84 Å². The van der Waals surface area contributed by atoms with Crippen LogP contribution in [0.25, 0.3) is 0 Å². The lowest BCUT2D eigenvalue weighted by Gasteiger charge is -2.17. The van der Waals surface area contributed by atoms with Crippen LogP contribution < -0.4 is 5.32 Å². The second-order valence-electron chi connectivity index (χ2n) is 2.97. The first-order chi connectivity index (χ1) is 4.74. The third-order valence-electron chi connectivity index (χ3n) is 1.83. The summed E-state index contributed by atoms with van der Waals surface area (Å²) in [5.74, 6) is 0. The molecule has 3 heteroatoms. The second kappa shape index (κ2) is 3.32. The van der Waals surface area contributed by atoms with Crippen molar-refractivity contribution >= 4 is 0 Å². The van der Waals surface area contributed by atoms with E-state index in [0.29, 0.717) is 12.1 Å². The van der Waals surface area contributed by atoms with Crippen molar-refractivity contribution in [3.05, 3.63) is 0 Å². The topological polar surface area (TPSA) is 24.5 Å². The summed E-state index contributed by atoms with van der Waals surface area (Å²) >= 11 is 0. The van der Waals surface area contributed by atoms with E-state index in [9.17, 15) is 0 Å². The van der Waals surface area contributed by atoms with Crippen LogP contribution in [-0.4, -0.2) is 37.3 Å². The Hall–Kier alpha value is -0.120. The summed E-state index contributed by atoms with van der Waals surface area (Å²) in [4.78, 5) is 5.39. The van der Waals surface area contributed by atoms with Gasteiger partial charge in [0.1, 0.15) is 0 Å². The largest absolute Gasteiger partial charge is 0.314 e. The van der Waals surface area contributed by atoms with E-state index < -0.39 is 0 Å². The zero-order valence-electron chi connectivity index (χ0n) is 6.92. The lowest BCUT2D eigenvalue weighted by atomic mass is 10.3. The fraction of sp³-hybridized carbons (Fsp3) is 1.00. The SMILES string of the molecule is CNC1CON(C(C)C)C1. The van der Waals surface area contributed by atoms with E-state index in [2.05, 4.69) is 19.2 Å². The highest BCUT2D eigenvalue weighted by atomic mass is 16.7. The Labute approximate surface area is 62.3 Å². The average molecular weight is 144 g/mol. The number of hydroxylamine groups is 2. The van der Waals surface area contributed by atoms with Gasteiger partial charge in [0, 0.05) is 18.6 Å². The fourth-order valence-corrected chi connectivity index (χ4v) is 1.04. The van der Waals surface area contributed by atoms with Gasteiger partial charge in [-0.2, -0.15) is 5.06 Å². The molecule has 1 fully saturated rings. The highest BCUT2D eigenvalue weighted by Crippen LogP contribution is 2.08. The van der Waals surface area contributed by atoms with Gasteiger partial charge in [0.25, 0.3) is 0 Å². The van der Waals surface area contributed by atoms with Gasteiger partial charge < -0.3 is 5.32 Å². The van der Waals surface area contributed by atoms with Crippen LogP contribution in [0.2, 0.25) is 0 Å². The van der Waals surface area contributed by atoms with Crippen molar-refractivity contribution in [2.24, 2.45) is 0 Å². The molecule has 0 aromatic heterocycles. The van der Waals surface area contributed by atoms with Crippen molar-refractivity contribution in [2.75, 3.05) is 20.2 Å². The Morgan fingerprint density at radius 2 is 2.30 bits per heavy atom. The normalized spacial score (nSPS) is 28.2.